The molecule has 8 nitrogen and oxygen atoms in total. The lowest BCUT2D eigenvalue weighted by Crippen LogP contribution is -2.45. The number of methoxy groups -OCH3 is 1. The van der Waals surface area contributed by atoms with E-state index in [9.17, 15) is 9.90 Å². The average Bonchev–Trinajstić information content (AvgIpc) is 3.21. The molecule has 1 aliphatic heterocycles. The first-order valence-corrected chi connectivity index (χ1v) is 9.77. The summed E-state index contributed by atoms with van der Waals surface area (Å²) >= 11 is 3.56. The summed E-state index contributed by atoms with van der Waals surface area (Å²) < 4.78 is 12.2. The van der Waals surface area contributed by atoms with Gasteiger partial charge in [0.2, 0.25) is 0 Å². The van der Waals surface area contributed by atoms with Crippen LogP contribution in [0.2, 0.25) is 0 Å². The zero-order chi connectivity index (χ0) is 20.4. The molecule has 150 valence electrons. The standard InChI is InChI=1S/C20H19BrN4O4/c1-28-16-7-11(6-13(21)19(16)29-9-12-4-2-3-5-22-12)17-18-14(23-10-24-18)8-15(25-17)20(26)27/h2-7,10,15,17,25H,8-9H2,1H3,(H,23,24)(H,26,27)/t15-,17+/m0/s1. The van der Waals surface area contributed by atoms with E-state index >= 15 is 0 Å². The number of fused-ring (bicyclic) bond motifs is 1. The van der Waals surface area contributed by atoms with E-state index in [1.165, 1.54) is 0 Å². The predicted octanol–water partition coefficient (Wildman–Crippen LogP) is 2.84. The minimum Gasteiger partial charge on any atom is -0.493 e. The van der Waals surface area contributed by atoms with Gasteiger partial charge in [0.05, 0.1) is 35.3 Å². The Labute approximate surface area is 175 Å². The van der Waals surface area contributed by atoms with Crippen LogP contribution in [0.3, 0.4) is 0 Å². The highest BCUT2D eigenvalue weighted by molar-refractivity contribution is 9.10. The Morgan fingerprint density at radius 2 is 2.21 bits per heavy atom. The normalized spacial score (nSPS) is 18.1. The Morgan fingerprint density at radius 1 is 1.34 bits per heavy atom. The van der Waals surface area contributed by atoms with Crippen LogP contribution in [0.15, 0.2) is 47.3 Å². The molecular formula is C20H19BrN4O4. The number of imidazole rings is 1. The van der Waals surface area contributed by atoms with Crippen molar-refractivity contribution in [3.05, 3.63) is 70.0 Å². The molecule has 0 radical (unpaired) electrons. The Hall–Kier alpha value is -2.91. The molecule has 3 heterocycles. The molecule has 2 aromatic heterocycles. The van der Waals surface area contributed by atoms with Crippen molar-refractivity contribution in [1.82, 2.24) is 20.3 Å². The Balaban J connectivity index is 1.65. The van der Waals surface area contributed by atoms with Crippen LogP contribution in [-0.4, -0.2) is 39.2 Å². The number of halogens is 1. The van der Waals surface area contributed by atoms with Gasteiger partial charge in [-0.2, -0.15) is 0 Å². The molecule has 4 rings (SSSR count). The second-order valence-electron chi connectivity index (χ2n) is 6.60. The fraction of sp³-hybridized carbons (Fsp3) is 0.250. The molecule has 0 saturated carbocycles. The van der Waals surface area contributed by atoms with Crippen molar-refractivity contribution < 1.29 is 19.4 Å². The van der Waals surface area contributed by atoms with E-state index in [4.69, 9.17) is 9.47 Å². The first-order chi connectivity index (χ1) is 14.1. The van der Waals surface area contributed by atoms with E-state index in [2.05, 4.69) is 36.2 Å². The van der Waals surface area contributed by atoms with Crippen LogP contribution in [0.1, 0.15) is 28.7 Å². The summed E-state index contributed by atoms with van der Waals surface area (Å²) in [7, 11) is 1.56. The van der Waals surface area contributed by atoms with Crippen molar-refractivity contribution in [2.75, 3.05) is 7.11 Å². The lowest BCUT2D eigenvalue weighted by Gasteiger charge is -2.29. The van der Waals surface area contributed by atoms with Gasteiger partial charge in [-0.15, -0.1) is 0 Å². The van der Waals surface area contributed by atoms with Crippen molar-refractivity contribution >= 4 is 21.9 Å². The maximum absolute atomic E-state index is 11.6. The van der Waals surface area contributed by atoms with Crippen LogP contribution in [0.25, 0.3) is 0 Å². The van der Waals surface area contributed by atoms with Crippen LogP contribution < -0.4 is 14.8 Å². The number of hydrogen-bond acceptors (Lipinski definition) is 6. The minimum atomic E-state index is -0.906. The highest BCUT2D eigenvalue weighted by atomic mass is 79.9. The van der Waals surface area contributed by atoms with Gasteiger partial charge >= 0.3 is 5.97 Å². The molecule has 1 aromatic carbocycles. The number of benzene rings is 1. The maximum Gasteiger partial charge on any atom is 0.321 e. The number of carboxylic acids is 1. The van der Waals surface area contributed by atoms with E-state index in [1.807, 2.05) is 30.3 Å². The topological polar surface area (TPSA) is 109 Å². The van der Waals surface area contributed by atoms with Crippen LogP contribution in [0.4, 0.5) is 0 Å². The highest BCUT2D eigenvalue weighted by Gasteiger charge is 2.34. The van der Waals surface area contributed by atoms with Crippen LogP contribution >= 0.6 is 15.9 Å². The number of nitrogens with one attached hydrogen (secondary N) is 2. The van der Waals surface area contributed by atoms with E-state index in [1.54, 1.807) is 19.6 Å². The molecule has 0 saturated heterocycles. The molecule has 29 heavy (non-hydrogen) atoms. The third kappa shape index (κ3) is 3.96. The summed E-state index contributed by atoms with van der Waals surface area (Å²) in [5, 5.41) is 12.6. The lowest BCUT2D eigenvalue weighted by molar-refractivity contribution is -0.139. The lowest BCUT2D eigenvalue weighted by atomic mass is 9.93. The minimum absolute atomic E-state index is 0.293. The van der Waals surface area contributed by atoms with Gasteiger partial charge < -0.3 is 19.6 Å². The molecule has 0 bridgehead atoms. The summed E-state index contributed by atoms with van der Waals surface area (Å²) in [6.45, 7) is 0.293. The smallest absolute Gasteiger partial charge is 0.321 e. The summed E-state index contributed by atoms with van der Waals surface area (Å²) in [5.41, 5.74) is 3.20. The predicted molar refractivity (Wildman–Crippen MR) is 108 cm³/mol. The van der Waals surface area contributed by atoms with E-state index < -0.39 is 12.0 Å². The van der Waals surface area contributed by atoms with Crippen molar-refractivity contribution in [1.29, 1.82) is 0 Å². The molecule has 3 N–H and O–H groups in total. The van der Waals surface area contributed by atoms with Gasteiger partial charge in [-0.25, -0.2) is 4.98 Å². The van der Waals surface area contributed by atoms with Gasteiger partial charge in [-0.05, 0) is 45.8 Å². The second kappa shape index (κ2) is 8.22. The van der Waals surface area contributed by atoms with E-state index in [0.717, 1.165) is 22.6 Å². The zero-order valence-electron chi connectivity index (χ0n) is 15.6. The van der Waals surface area contributed by atoms with Gasteiger partial charge in [-0.1, -0.05) is 6.07 Å². The number of aromatic nitrogens is 3. The quantitative estimate of drug-likeness (QED) is 0.520. The molecule has 0 fully saturated rings. The van der Waals surface area contributed by atoms with Crippen LogP contribution in [0.5, 0.6) is 11.5 Å². The summed E-state index contributed by atoms with van der Waals surface area (Å²) in [6, 6.07) is 8.25. The van der Waals surface area contributed by atoms with Crippen molar-refractivity contribution in [3.8, 4) is 11.5 Å². The molecule has 0 spiro atoms. The van der Waals surface area contributed by atoms with Gasteiger partial charge in [0, 0.05) is 18.3 Å². The number of nitrogens with zero attached hydrogens (tertiary/aromatic N) is 2. The Kier molecular flexibility index (Phi) is 5.50. The summed E-state index contributed by atoms with van der Waals surface area (Å²) in [6.07, 6.45) is 3.65. The third-order valence-electron chi connectivity index (χ3n) is 4.77. The fourth-order valence-corrected chi connectivity index (χ4v) is 3.95. The first-order valence-electron chi connectivity index (χ1n) is 8.98. The summed E-state index contributed by atoms with van der Waals surface area (Å²) in [5.74, 6) is 0.174. The SMILES string of the molecule is COc1cc([C@H]2N[C@H](C(=O)O)Cc3[nH]cnc32)cc(Br)c1OCc1ccccn1. The monoisotopic (exact) mass is 458 g/mol. The maximum atomic E-state index is 11.6. The van der Waals surface area contributed by atoms with Gasteiger partial charge in [0.15, 0.2) is 11.5 Å². The number of aromatic amines is 1. The van der Waals surface area contributed by atoms with Gasteiger partial charge in [0.1, 0.15) is 12.6 Å². The van der Waals surface area contributed by atoms with E-state index in [-0.39, 0.29) is 6.04 Å². The van der Waals surface area contributed by atoms with Crippen molar-refractivity contribution in [2.24, 2.45) is 0 Å². The Morgan fingerprint density at radius 3 is 2.93 bits per heavy atom. The molecule has 1 aliphatic rings. The third-order valence-corrected chi connectivity index (χ3v) is 5.36. The molecular weight excluding hydrogens is 440 g/mol. The number of carbonyl (C=O) groups is 1. The number of carboxylic acid groups (broad SMARTS) is 1. The number of hydrogen-bond donors (Lipinski definition) is 3. The first kappa shape index (κ1) is 19.4. The Bertz CT molecular complexity index is 1020. The number of rotatable bonds is 6. The molecule has 0 aliphatic carbocycles. The highest BCUT2D eigenvalue weighted by Crippen LogP contribution is 2.40. The largest absolute Gasteiger partial charge is 0.493 e. The number of aliphatic carboxylic acids is 1. The fourth-order valence-electron chi connectivity index (χ4n) is 3.38. The second-order valence-corrected chi connectivity index (χ2v) is 7.46. The summed E-state index contributed by atoms with van der Waals surface area (Å²) in [4.78, 5) is 23.3. The van der Waals surface area contributed by atoms with Crippen molar-refractivity contribution in [3.63, 3.8) is 0 Å². The average molecular weight is 459 g/mol. The van der Waals surface area contributed by atoms with E-state index in [0.29, 0.717) is 29.0 Å². The molecule has 0 unspecified atom stereocenters. The van der Waals surface area contributed by atoms with Crippen LogP contribution in [0, 0.1) is 0 Å². The molecule has 2 atom stereocenters. The van der Waals surface area contributed by atoms with Gasteiger partial charge in [-0.3, -0.25) is 15.1 Å². The molecule has 0 amide bonds. The molecule has 9 heteroatoms. The number of pyridine rings is 1. The van der Waals surface area contributed by atoms with Crippen molar-refractivity contribution in [2.45, 2.75) is 25.1 Å². The molecule has 3 aromatic rings. The number of H-pyrrole nitrogens is 1. The zero-order valence-corrected chi connectivity index (χ0v) is 17.1. The van der Waals surface area contributed by atoms with Crippen LogP contribution in [-0.2, 0) is 17.8 Å². The van der Waals surface area contributed by atoms with Gasteiger partial charge in [0.25, 0.3) is 0 Å². The number of ether oxygens (including phenoxy) is 2.